The molecule has 7 aromatic carbocycles. The van der Waals surface area contributed by atoms with E-state index in [1.165, 1.54) is 19.5 Å². The van der Waals surface area contributed by atoms with Gasteiger partial charge in [0, 0.05) is 58.9 Å². The number of fused-ring (bicyclic) bond motifs is 7. The minimum absolute atomic E-state index is 0.640. The molecule has 0 unspecified atom stereocenters. The SMILES string of the molecule is c1ccc(-c2nc(-c3cccc4sc5c(-c6nc7ccccc7s6)cccc5c34)nc(-c3cccc4c3c3ccccc3n4-c3ccccc3)n2)cc1. The van der Waals surface area contributed by atoms with Gasteiger partial charge >= 0.3 is 0 Å². The van der Waals surface area contributed by atoms with Crippen LogP contribution < -0.4 is 0 Å². The smallest absolute Gasteiger partial charge is 0.164 e. The molecule has 0 radical (unpaired) electrons. The van der Waals surface area contributed by atoms with Crippen LogP contribution in [0.3, 0.4) is 0 Å². The van der Waals surface area contributed by atoms with Gasteiger partial charge in [-0.1, -0.05) is 121 Å². The summed E-state index contributed by atoms with van der Waals surface area (Å²) in [5, 5.41) is 5.61. The van der Waals surface area contributed by atoms with Crippen LogP contribution in [-0.2, 0) is 0 Å². The quantitative estimate of drug-likeness (QED) is 0.178. The van der Waals surface area contributed by atoms with Gasteiger partial charge in [-0.25, -0.2) is 19.9 Å². The Morgan fingerprint density at radius 3 is 1.83 bits per heavy atom. The summed E-state index contributed by atoms with van der Waals surface area (Å²) in [4.78, 5) is 20.8. The van der Waals surface area contributed by atoms with Crippen LogP contribution in [0.25, 0.3) is 103 Å². The van der Waals surface area contributed by atoms with E-state index in [2.05, 4.69) is 144 Å². The van der Waals surface area contributed by atoms with Crippen molar-refractivity contribution in [2.24, 2.45) is 0 Å². The van der Waals surface area contributed by atoms with Crippen LogP contribution in [0, 0.1) is 0 Å². The molecule has 0 aliphatic carbocycles. The van der Waals surface area contributed by atoms with Gasteiger partial charge in [-0.3, -0.25) is 0 Å². The first kappa shape index (κ1) is 30.1. The van der Waals surface area contributed by atoms with E-state index in [0.29, 0.717) is 17.5 Å². The lowest BCUT2D eigenvalue weighted by Gasteiger charge is -2.11. The highest BCUT2D eigenvalue weighted by Crippen LogP contribution is 2.45. The second-order valence-corrected chi connectivity index (χ2v) is 15.1. The van der Waals surface area contributed by atoms with Crippen molar-refractivity contribution in [2.75, 3.05) is 0 Å². The zero-order valence-electron chi connectivity index (χ0n) is 28.1. The van der Waals surface area contributed by atoms with E-state index < -0.39 is 0 Å². The predicted octanol–water partition coefficient (Wildman–Crippen LogP) is 12.6. The first-order valence-corrected chi connectivity index (χ1v) is 19.1. The molecule has 0 fully saturated rings. The van der Waals surface area contributed by atoms with Gasteiger partial charge < -0.3 is 4.57 Å². The van der Waals surface area contributed by atoms with Gasteiger partial charge in [-0.05, 0) is 42.5 Å². The Bertz CT molecular complexity index is 3150. The zero-order valence-corrected chi connectivity index (χ0v) is 29.8. The van der Waals surface area contributed by atoms with Crippen molar-refractivity contribution in [1.29, 1.82) is 0 Å². The summed E-state index contributed by atoms with van der Waals surface area (Å²) in [5.41, 5.74) is 8.42. The van der Waals surface area contributed by atoms with E-state index in [-0.39, 0.29) is 0 Å². The van der Waals surface area contributed by atoms with Crippen molar-refractivity contribution in [2.45, 2.75) is 0 Å². The molecule has 11 rings (SSSR count). The lowest BCUT2D eigenvalue weighted by atomic mass is 10.0. The van der Waals surface area contributed by atoms with Gasteiger partial charge in [-0.2, -0.15) is 0 Å². The van der Waals surface area contributed by atoms with E-state index >= 15 is 0 Å². The van der Waals surface area contributed by atoms with E-state index in [0.717, 1.165) is 65.7 Å². The summed E-state index contributed by atoms with van der Waals surface area (Å²) in [6.07, 6.45) is 0. The number of rotatable bonds is 5. The number of aromatic nitrogens is 5. The Kier molecular flexibility index (Phi) is 6.83. The maximum Gasteiger partial charge on any atom is 0.164 e. The second-order valence-electron chi connectivity index (χ2n) is 13.0. The Hall–Kier alpha value is -6.54. The van der Waals surface area contributed by atoms with Crippen molar-refractivity contribution in [1.82, 2.24) is 24.5 Å². The summed E-state index contributed by atoms with van der Waals surface area (Å²) in [5.74, 6) is 1.93. The standard InChI is InChI=1S/C46H27N5S2/c1-3-14-28(15-4-1)43-48-44(32-20-12-25-37-40(32)30-18-7-9-24-36(30)51(37)29-16-5-2-6-17-29)50-45(49-43)33-21-13-27-39-41(33)31-19-11-22-34(42(31)52-39)46-47-35-23-8-10-26-38(35)53-46/h1-27H. The molecule has 5 nitrogen and oxygen atoms in total. The number of hydrogen-bond donors (Lipinski definition) is 0. The van der Waals surface area contributed by atoms with Crippen LogP contribution in [-0.4, -0.2) is 24.5 Å². The molecule has 0 amide bonds. The largest absolute Gasteiger partial charge is 0.309 e. The molecule has 7 heteroatoms. The average Bonchev–Trinajstić information content (AvgIpc) is 3.93. The number of nitrogens with zero attached hydrogens (tertiary/aromatic N) is 5. The van der Waals surface area contributed by atoms with Crippen molar-refractivity contribution >= 4 is 74.9 Å². The highest BCUT2D eigenvalue weighted by Gasteiger charge is 2.22. The predicted molar refractivity (Wildman–Crippen MR) is 222 cm³/mol. The van der Waals surface area contributed by atoms with Gasteiger partial charge in [0.2, 0.25) is 0 Å². The number of para-hydroxylation sites is 3. The average molecular weight is 714 g/mol. The molecule has 0 atom stereocenters. The zero-order chi connectivity index (χ0) is 34.9. The van der Waals surface area contributed by atoms with E-state index in [9.17, 15) is 0 Å². The van der Waals surface area contributed by atoms with Crippen LogP contribution >= 0.6 is 22.7 Å². The summed E-state index contributed by atoms with van der Waals surface area (Å²) < 4.78 is 5.91. The lowest BCUT2D eigenvalue weighted by Crippen LogP contribution is -2.01. The summed E-state index contributed by atoms with van der Waals surface area (Å²) >= 11 is 3.54. The molecule has 0 saturated heterocycles. The monoisotopic (exact) mass is 713 g/mol. The van der Waals surface area contributed by atoms with Crippen LogP contribution in [0.2, 0.25) is 0 Å². The highest BCUT2D eigenvalue weighted by atomic mass is 32.1. The number of benzene rings is 7. The Labute approximate surface area is 312 Å². The first-order chi connectivity index (χ1) is 26.3. The highest BCUT2D eigenvalue weighted by molar-refractivity contribution is 7.27. The minimum Gasteiger partial charge on any atom is -0.309 e. The number of hydrogen-bond acceptors (Lipinski definition) is 6. The van der Waals surface area contributed by atoms with Gasteiger partial charge in [0.25, 0.3) is 0 Å². The number of thiazole rings is 1. The van der Waals surface area contributed by atoms with Crippen molar-refractivity contribution in [3.05, 3.63) is 164 Å². The molecule has 0 saturated carbocycles. The fraction of sp³-hybridized carbons (Fsp3) is 0. The van der Waals surface area contributed by atoms with Gasteiger partial charge in [0.05, 0.1) is 21.3 Å². The maximum absolute atomic E-state index is 5.35. The molecule has 0 aliphatic rings. The molecule has 4 heterocycles. The second kappa shape index (κ2) is 12.0. The Morgan fingerprint density at radius 2 is 1.00 bits per heavy atom. The fourth-order valence-corrected chi connectivity index (χ4v) is 9.89. The fourth-order valence-electron chi connectivity index (χ4n) is 7.58. The van der Waals surface area contributed by atoms with Gasteiger partial charge in [0.1, 0.15) is 5.01 Å². The summed E-state index contributed by atoms with van der Waals surface area (Å²) in [6.45, 7) is 0. The molecule has 4 aromatic heterocycles. The van der Waals surface area contributed by atoms with Crippen LogP contribution in [0.1, 0.15) is 0 Å². The Morgan fingerprint density at radius 1 is 0.396 bits per heavy atom. The van der Waals surface area contributed by atoms with E-state index in [4.69, 9.17) is 19.9 Å². The maximum atomic E-state index is 5.35. The topological polar surface area (TPSA) is 56.5 Å². The molecule has 248 valence electrons. The molecule has 0 N–H and O–H groups in total. The molecule has 53 heavy (non-hydrogen) atoms. The molecule has 0 bridgehead atoms. The Balaban J connectivity index is 1.17. The molecular formula is C46H27N5S2. The third-order valence-corrected chi connectivity index (χ3v) is 12.2. The minimum atomic E-state index is 0.640. The van der Waals surface area contributed by atoms with Crippen LogP contribution in [0.15, 0.2) is 164 Å². The van der Waals surface area contributed by atoms with Crippen molar-refractivity contribution in [3.63, 3.8) is 0 Å². The molecule has 0 spiro atoms. The molecule has 0 aliphatic heterocycles. The van der Waals surface area contributed by atoms with E-state index in [1.807, 2.05) is 24.3 Å². The molecular weight excluding hydrogens is 687 g/mol. The number of thiophene rings is 1. The van der Waals surface area contributed by atoms with Gasteiger partial charge in [0.15, 0.2) is 17.5 Å². The third kappa shape index (κ3) is 4.82. The van der Waals surface area contributed by atoms with Crippen LogP contribution in [0.4, 0.5) is 0 Å². The first-order valence-electron chi connectivity index (χ1n) is 17.5. The third-order valence-electron chi connectivity index (χ3n) is 9.91. The summed E-state index contributed by atoms with van der Waals surface area (Å²) in [7, 11) is 0. The van der Waals surface area contributed by atoms with Gasteiger partial charge in [-0.15, -0.1) is 22.7 Å². The lowest BCUT2D eigenvalue weighted by molar-refractivity contribution is 1.08. The van der Waals surface area contributed by atoms with Crippen LogP contribution in [0.5, 0.6) is 0 Å². The molecule has 11 aromatic rings. The van der Waals surface area contributed by atoms with Crippen molar-refractivity contribution in [3.8, 4) is 50.4 Å². The van der Waals surface area contributed by atoms with Crippen molar-refractivity contribution < 1.29 is 0 Å². The normalized spacial score (nSPS) is 11.8. The summed E-state index contributed by atoms with van der Waals surface area (Å²) in [6, 6.07) is 57.1. The van der Waals surface area contributed by atoms with E-state index in [1.54, 1.807) is 22.7 Å².